The highest BCUT2D eigenvalue weighted by Crippen LogP contribution is 2.22. The van der Waals surface area contributed by atoms with Crippen LogP contribution in [0.3, 0.4) is 0 Å². The van der Waals surface area contributed by atoms with Crippen molar-refractivity contribution in [3.8, 4) is 0 Å². The van der Waals surface area contributed by atoms with Crippen LogP contribution in [0.4, 0.5) is 5.82 Å². The fraction of sp³-hybridized carbons (Fsp3) is 0.462. The van der Waals surface area contributed by atoms with Crippen LogP contribution in [0.15, 0.2) is 18.3 Å². The predicted octanol–water partition coefficient (Wildman–Crippen LogP) is 0.986. The summed E-state index contributed by atoms with van der Waals surface area (Å²) in [6.45, 7) is 3.31. The van der Waals surface area contributed by atoms with Gasteiger partial charge in [0.25, 0.3) is 0 Å². The molecule has 1 aliphatic heterocycles. The second-order valence-corrected chi connectivity index (χ2v) is 4.64. The minimum atomic E-state index is -0.468. The lowest BCUT2D eigenvalue weighted by Gasteiger charge is -2.31. The van der Waals surface area contributed by atoms with Gasteiger partial charge in [-0.05, 0) is 31.9 Å². The van der Waals surface area contributed by atoms with Gasteiger partial charge in [0.1, 0.15) is 11.6 Å². The molecule has 0 aromatic carbocycles. The van der Waals surface area contributed by atoms with Crippen molar-refractivity contribution in [3.63, 3.8) is 0 Å². The summed E-state index contributed by atoms with van der Waals surface area (Å²) in [5.74, 6) is 0.823. The first-order valence-corrected chi connectivity index (χ1v) is 6.09. The number of nitrogens with zero attached hydrogens (tertiary/aromatic N) is 2. The summed E-state index contributed by atoms with van der Waals surface area (Å²) in [5, 5.41) is 0. The van der Waals surface area contributed by atoms with Crippen LogP contribution in [0.5, 0.6) is 0 Å². The summed E-state index contributed by atoms with van der Waals surface area (Å²) in [4.78, 5) is 28.6. The minimum absolute atomic E-state index is 0.186. The Morgan fingerprint density at radius 3 is 2.44 bits per heavy atom. The third-order valence-corrected chi connectivity index (χ3v) is 3.43. The van der Waals surface area contributed by atoms with Gasteiger partial charge in [0.15, 0.2) is 0 Å². The van der Waals surface area contributed by atoms with Crippen molar-refractivity contribution >= 4 is 17.5 Å². The topological polar surface area (TPSA) is 76.3 Å². The molecule has 18 heavy (non-hydrogen) atoms. The molecule has 1 aromatic heterocycles. The maximum atomic E-state index is 11.3. The number of carbonyl (C=O) groups excluding carboxylic acids is 2. The maximum Gasteiger partial charge on any atom is 0.250 e. The maximum absolute atomic E-state index is 11.3. The van der Waals surface area contributed by atoms with Gasteiger partial charge in [-0.1, -0.05) is 0 Å². The Morgan fingerprint density at radius 1 is 1.33 bits per heavy atom. The Balaban J connectivity index is 2.01. The molecule has 2 rings (SSSR count). The van der Waals surface area contributed by atoms with Gasteiger partial charge in [-0.25, -0.2) is 4.98 Å². The molecule has 0 aliphatic carbocycles. The average Bonchev–Trinajstić information content (AvgIpc) is 2.39. The van der Waals surface area contributed by atoms with Crippen molar-refractivity contribution < 1.29 is 9.59 Å². The van der Waals surface area contributed by atoms with E-state index in [9.17, 15) is 9.59 Å². The molecule has 0 unspecified atom stereocenters. The average molecular weight is 247 g/mol. The number of hydrogen-bond donors (Lipinski definition) is 1. The van der Waals surface area contributed by atoms with Crippen LogP contribution in [0, 0.1) is 5.92 Å². The normalized spacial score (nSPS) is 16.6. The first-order chi connectivity index (χ1) is 8.58. The largest absolute Gasteiger partial charge is 0.366 e. The number of carbonyl (C=O) groups is 2. The molecule has 5 nitrogen and oxygen atoms in total. The van der Waals surface area contributed by atoms with E-state index in [1.807, 2.05) is 0 Å². The van der Waals surface area contributed by atoms with Crippen LogP contribution >= 0.6 is 0 Å². The van der Waals surface area contributed by atoms with Crippen molar-refractivity contribution in [2.24, 2.45) is 11.7 Å². The smallest absolute Gasteiger partial charge is 0.250 e. The van der Waals surface area contributed by atoms with Gasteiger partial charge >= 0.3 is 0 Å². The SMILES string of the molecule is CC(=O)C1CCN(c2ccc(C(N)=O)cn2)CC1. The zero-order valence-corrected chi connectivity index (χ0v) is 10.4. The highest BCUT2D eigenvalue weighted by Gasteiger charge is 2.22. The number of hydrogen-bond acceptors (Lipinski definition) is 4. The number of anilines is 1. The number of pyridine rings is 1. The van der Waals surface area contributed by atoms with Crippen LogP contribution in [-0.2, 0) is 4.79 Å². The van der Waals surface area contributed by atoms with Crippen molar-refractivity contribution in [2.45, 2.75) is 19.8 Å². The number of rotatable bonds is 3. The number of nitrogens with two attached hydrogens (primary N) is 1. The van der Waals surface area contributed by atoms with Crippen LogP contribution in [0.2, 0.25) is 0 Å². The van der Waals surface area contributed by atoms with E-state index in [1.54, 1.807) is 19.1 Å². The van der Waals surface area contributed by atoms with Gasteiger partial charge in [-0.15, -0.1) is 0 Å². The van der Waals surface area contributed by atoms with E-state index in [2.05, 4.69) is 9.88 Å². The second-order valence-electron chi connectivity index (χ2n) is 4.64. The van der Waals surface area contributed by atoms with Crippen molar-refractivity contribution in [1.29, 1.82) is 0 Å². The summed E-state index contributed by atoms with van der Waals surface area (Å²) in [7, 11) is 0. The first-order valence-electron chi connectivity index (χ1n) is 6.09. The van der Waals surface area contributed by atoms with Gasteiger partial charge in [0, 0.05) is 25.2 Å². The van der Waals surface area contributed by atoms with E-state index in [0.717, 1.165) is 31.7 Å². The van der Waals surface area contributed by atoms with E-state index < -0.39 is 5.91 Å². The highest BCUT2D eigenvalue weighted by molar-refractivity contribution is 5.92. The van der Waals surface area contributed by atoms with E-state index in [1.165, 1.54) is 6.20 Å². The number of piperidine rings is 1. The molecule has 5 heteroatoms. The van der Waals surface area contributed by atoms with Crippen LogP contribution < -0.4 is 10.6 Å². The summed E-state index contributed by atoms with van der Waals surface area (Å²) < 4.78 is 0. The fourth-order valence-corrected chi connectivity index (χ4v) is 2.23. The molecule has 0 bridgehead atoms. The number of Topliss-reactive ketones (excluding diaryl/α,β-unsaturated/α-hetero) is 1. The Bertz CT molecular complexity index is 448. The van der Waals surface area contributed by atoms with Gasteiger partial charge < -0.3 is 10.6 Å². The predicted molar refractivity (Wildman–Crippen MR) is 68.4 cm³/mol. The molecule has 1 aromatic rings. The fourth-order valence-electron chi connectivity index (χ4n) is 2.23. The monoisotopic (exact) mass is 247 g/mol. The molecule has 0 spiro atoms. The molecule has 0 radical (unpaired) electrons. The van der Waals surface area contributed by atoms with Crippen LogP contribution in [0.1, 0.15) is 30.1 Å². The van der Waals surface area contributed by atoms with Crippen LogP contribution in [-0.4, -0.2) is 29.8 Å². The Labute approximate surface area is 106 Å². The molecule has 1 amide bonds. The third-order valence-electron chi connectivity index (χ3n) is 3.43. The summed E-state index contributed by atoms with van der Waals surface area (Å²) in [5.41, 5.74) is 5.58. The molecule has 0 atom stereocenters. The van der Waals surface area contributed by atoms with Crippen LogP contribution in [0.25, 0.3) is 0 Å². The lowest BCUT2D eigenvalue weighted by Crippen LogP contribution is -2.36. The molecule has 2 N–H and O–H groups in total. The van der Waals surface area contributed by atoms with E-state index in [-0.39, 0.29) is 11.7 Å². The molecule has 2 heterocycles. The molecule has 96 valence electrons. The molecule has 1 aliphatic rings. The van der Waals surface area contributed by atoms with Crippen molar-refractivity contribution in [2.75, 3.05) is 18.0 Å². The quantitative estimate of drug-likeness (QED) is 0.864. The van der Waals surface area contributed by atoms with Gasteiger partial charge in [-0.2, -0.15) is 0 Å². The highest BCUT2D eigenvalue weighted by atomic mass is 16.1. The molecule has 1 fully saturated rings. The lowest BCUT2D eigenvalue weighted by molar-refractivity contribution is -0.121. The molecular weight excluding hydrogens is 230 g/mol. The van der Waals surface area contributed by atoms with E-state index in [0.29, 0.717) is 5.56 Å². The van der Waals surface area contributed by atoms with Crippen molar-refractivity contribution in [3.05, 3.63) is 23.9 Å². The number of amides is 1. The number of aromatic nitrogens is 1. The number of primary amides is 1. The summed E-state index contributed by atoms with van der Waals surface area (Å²) in [6, 6.07) is 3.48. The lowest BCUT2D eigenvalue weighted by atomic mass is 9.93. The standard InChI is InChI=1S/C13H17N3O2/c1-9(17)10-4-6-16(7-5-10)12-3-2-11(8-15-12)13(14)18/h2-3,8,10H,4-7H2,1H3,(H2,14,18). The molecular formula is C13H17N3O2. The van der Waals surface area contributed by atoms with E-state index in [4.69, 9.17) is 5.73 Å². The zero-order chi connectivity index (χ0) is 13.1. The number of ketones is 1. The van der Waals surface area contributed by atoms with Gasteiger partial charge in [0.2, 0.25) is 5.91 Å². The Kier molecular flexibility index (Phi) is 3.60. The second kappa shape index (κ2) is 5.16. The summed E-state index contributed by atoms with van der Waals surface area (Å²) >= 11 is 0. The van der Waals surface area contributed by atoms with E-state index >= 15 is 0 Å². The zero-order valence-electron chi connectivity index (χ0n) is 10.4. The summed E-state index contributed by atoms with van der Waals surface area (Å²) in [6.07, 6.45) is 3.23. The molecule has 1 saturated heterocycles. The Hall–Kier alpha value is -1.91. The van der Waals surface area contributed by atoms with Gasteiger partial charge in [-0.3, -0.25) is 9.59 Å². The minimum Gasteiger partial charge on any atom is -0.366 e. The Morgan fingerprint density at radius 2 is 2.00 bits per heavy atom. The third kappa shape index (κ3) is 2.67. The molecule has 0 saturated carbocycles. The first kappa shape index (κ1) is 12.5. The van der Waals surface area contributed by atoms with Gasteiger partial charge in [0.05, 0.1) is 5.56 Å². The van der Waals surface area contributed by atoms with Crippen molar-refractivity contribution in [1.82, 2.24) is 4.98 Å².